The quantitative estimate of drug-likeness (QED) is 0.702. The third-order valence-electron chi connectivity index (χ3n) is 4.81. The maximum absolute atomic E-state index is 12.6. The zero-order valence-corrected chi connectivity index (χ0v) is 17.2. The van der Waals surface area contributed by atoms with Gasteiger partial charge in [-0.3, -0.25) is 18.8 Å². The van der Waals surface area contributed by atoms with Crippen LogP contribution in [-0.2, 0) is 31.2 Å². The Morgan fingerprint density at radius 2 is 2.11 bits per heavy atom. The van der Waals surface area contributed by atoms with E-state index in [0.29, 0.717) is 11.8 Å². The summed E-state index contributed by atoms with van der Waals surface area (Å²) in [6, 6.07) is 1.82. The van der Waals surface area contributed by atoms with E-state index in [4.69, 9.17) is 0 Å². The van der Waals surface area contributed by atoms with Crippen LogP contribution in [0.3, 0.4) is 0 Å². The standard InChI is InChI=1S/C19H25N5O2S/c1-6-14-8-16-18(27-14)20-10-24(19(16)26)9-17(25)21-11(2)7-15-12(3)22-23(5)13(15)4/h8,10-11H,6-7,9H2,1-5H3,(H,21,25). The number of fused-ring (bicyclic) bond motifs is 1. The Labute approximate surface area is 162 Å². The molecule has 0 fully saturated rings. The summed E-state index contributed by atoms with van der Waals surface area (Å²) >= 11 is 1.52. The molecule has 0 radical (unpaired) electrons. The van der Waals surface area contributed by atoms with Crippen LogP contribution in [0.4, 0.5) is 0 Å². The molecular formula is C19H25N5O2S. The Balaban J connectivity index is 1.69. The SMILES string of the molecule is CCc1cc2c(=O)n(CC(=O)NC(C)Cc3c(C)nn(C)c3C)cnc2s1. The number of thiophene rings is 1. The number of carbonyl (C=O) groups excluding carboxylic acids is 1. The fourth-order valence-corrected chi connectivity index (χ4v) is 4.17. The van der Waals surface area contributed by atoms with Crippen LogP contribution in [0.15, 0.2) is 17.2 Å². The first-order chi connectivity index (χ1) is 12.8. The fraction of sp³-hybridized carbons (Fsp3) is 0.474. The topological polar surface area (TPSA) is 81.8 Å². The lowest BCUT2D eigenvalue weighted by Crippen LogP contribution is -2.38. The highest BCUT2D eigenvalue weighted by Crippen LogP contribution is 2.21. The maximum atomic E-state index is 12.6. The van der Waals surface area contributed by atoms with Gasteiger partial charge >= 0.3 is 0 Å². The summed E-state index contributed by atoms with van der Waals surface area (Å²) in [6.07, 6.45) is 3.03. The van der Waals surface area contributed by atoms with Crippen molar-refractivity contribution in [2.24, 2.45) is 7.05 Å². The average Bonchev–Trinajstić information content (AvgIpc) is 3.14. The van der Waals surface area contributed by atoms with E-state index in [0.717, 1.165) is 33.1 Å². The third kappa shape index (κ3) is 3.95. The van der Waals surface area contributed by atoms with E-state index in [2.05, 4.69) is 15.4 Å². The van der Waals surface area contributed by atoms with Gasteiger partial charge in [0, 0.05) is 23.7 Å². The summed E-state index contributed by atoms with van der Waals surface area (Å²) in [4.78, 5) is 31.2. The van der Waals surface area contributed by atoms with Crippen LogP contribution >= 0.6 is 11.3 Å². The van der Waals surface area contributed by atoms with Crippen LogP contribution in [-0.4, -0.2) is 31.3 Å². The summed E-state index contributed by atoms with van der Waals surface area (Å²) in [5.41, 5.74) is 3.06. The van der Waals surface area contributed by atoms with Gasteiger partial charge in [-0.25, -0.2) is 4.98 Å². The van der Waals surface area contributed by atoms with Gasteiger partial charge in [-0.05, 0) is 45.2 Å². The molecule has 3 rings (SSSR count). The van der Waals surface area contributed by atoms with Gasteiger partial charge in [0.15, 0.2) is 0 Å². The van der Waals surface area contributed by atoms with Crippen molar-refractivity contribution < 1.29 is 4.79 Å². The van der Waals surface area contributed by atoms with E-state index in [1.807, 2.05) is 45.5 Å². The van der Waals surface area contributed by atoms with Gasteiger partial charge in [0.2, 0.25) is 5.91 Å². The highest BCUT2D eigenvalue weighted by atomic mass is 32.1. The number of aromatic nitrogens is 4. The monoisotopic (exact) mass is 387 g/mol. The molecule has 1 amide bonds. The number of nitrogens with zero attached hydrogens (tertiary/aromatic N) is 4. The molecule has 0 spiro atoms. The zero-order chi connectivity index (χ0) is 19.7. The van der Waals surface area contributed by atoms with Crippen LogP contribution in [0.25, 0.3) is 10.2 Å². The molecule has 144 valence electrons. The molecule has 0 saturated carbocycles. The molecule has 1 atom stereocenters. The first-order valence-corrected chi connectivity index (χ1v) is 9.88. The lowest BCUT2D eigenvalue weighted by Gasteiger charge is -2.15. The molecular weight excluding hydrogens is 362 g/mol. The first kappa shape index (κ1) is 19.3. The summed E-state index contributed by atoms with van der Waals surface area (Å²) in [7, 11) is 1.92. The lowest BCUT2D eigenvalue weighted by molar-refractivity contribution is -0.122. The van der Waals surface area contributed by atoms with Crippen molar-refractivity contribution in [3.8, 4) is 0 Å². The summed E-state index contributed by atoms with van der Waals surface area (Å²) < 4.78 is 3.22. The van der Waals surface area contributed by atoms with Crippen molar-refractivity contribution in [2.75, 3.05) is 0 Å². The molecule has 3 heterocycles. The molecule has 0 saturated heterocycles. The van der Waals surface area contributed by atoms with E-state index < -0.39 is 0 Å². The summed E-state index contributed by atoms with van der Waals surface area (Å²) in [5.74, 6) is -0.198. The maximum Gasteiger partial charge on any atom is 0.262 e. The minimum Gasteiger partial charge on any atom is -0.352 e. The molecule has 0 aliphatic carbocycles. The van der Waals surface area contributed by atoms with Crippen LogP contribution < -0.4 is 10.9 Å². The predicted molar refractivity (Wildman–Crippen MR) is 107 cm³/mol. The Bertz CT molecular complexity index is 1050. The molecule has 1 N–H and O–H groups in total. The summed E-state index contributed by atoms with van der Waals surface area (Å²) in [6.45, 7) is 7.97. The smallest absolute Gasteiger partial charge is 0.262 e. The normalized spacial score (nSPS) is 12.5. The Kier molecular flexibility index (Phi) is 5.46. The molecule has 3 aromatic rings. The van der Waals surface area contributed by atoms with Crippen LogP contribution in [0.2, 0.25) is 0 Å². The molecule has 3 aromatic heterocycles. The number of nitrogens with one attached hydrogen (secondary N) is 1. The highest BCUT2D eigenvalue weighted by Gasteiger charge is 2.16. The lowest BCUT2D eigenvalue weighted by atomic mass is 10.1. The van der Waals surface area contributed by atoms with Crippen LogP contribution in [0.5, 0.6) is 0 Å². The third-order valence-corrected chi connectivity index (χ3v) is 6.00. The first-order valence-electron chi connectivity index (χ1n) is 9.06. The van der Waals surface area contributed by atoms with E-state index in [1.54, 1.807) is 0 Å². The van der Waals surface area contributed by atoms with Crippen molar-refractivity contribution in [3.63, 3.8) is 0 Å². The van der Waals surface area contributed by atoms with Crippen molar-refractivity contribution in [3.05, 3.63) is 44.6 Å². The molecule has 8 heteroatoms. The predicted octanol–water partition coefficient (Wildman–Crippen LogP) is 2.12. The Hall–Kier alpha value is -2.48. The minimum absolute atomic E-state index is 0.0333. The van der Waals surface area contributed by atoms with Crippen molar-refractivity contribution in [1.29, 1.82) is 0 Å². The summed E-state index contributed by atoms with van der Waals surface area (Å²) in [5, 5.41) is 7.97. The second-order valence-electron chi connectivity index (χ2n) is 6.91. The number of aryl methyl sites for hydroxylation is 3. The van der Waals surface area contributed by atoms with Gasteiger partial charge in [0.05, 0.1) is 17.4 Å². The van der Waals surface area contributed by atoms with Gasteiger partial charge in [-0.1, -0.05) is 6.92 Å². The molecule has 27 heavy (non-hydrogen) atoms. The average molecular weight is 388 g/mol. The number of amides is 1. The Morgan fingerprint density at radius 1 is 1.37 bits per heavy atom. The number of rotatable bonds is 6. The largest absolute Gasteiger partial charge is 0.352 e. The molecule has 1 unspecified atom stereocenters. The van der Waals surface area contributed by atoms with Crippen LogP contribution in [0, 0.1) is 13.8 Å². The highest BCUT2D eigenvalue weighted by molar-refractivity contribution is 7.18. The van der Waals surface area contributed by atoms with Crippen molar-refractivity contribution in [2.45, 2.75) is 53.1 Å². The number of hydrogen-bond donors (Lipinski definition) is 1. The number of hydrogen-bond acceptors (Lipinski definition) is 5. The van der Waals surface area contributed by atoms with E-state index in [-0.39, 0.29) is 24.1 Å². The zero-order valence-electron chi connectivity index (χ0n) is 16.4. The van der Waals surface area contributed by atoms with Crippen molar-refractivity contribution >= 4 is 27.5 Å². The molecule has 0 aromatic carbocycles. The van der Waals surface area contributed by atoms with E-state index >= 15 is 0 Å². The molecule has 0 aliphatic heterocycles. The van der Waals surface area contributed by atoms with Gasteiger partial charge in [0.25, 0.3) is 5.56 Å². The van der Waals surface area contributed by atoms with E-state index in [9.17, 15) is 9.59 Å². The molecule has 0 aliphatic rings. The van der Waals surface area contributed by atoms with Gasteiger partial charge in [0.1, 0.15) is 11.4 Å². The molecule has 0 bridgehead atoms. The van der Waals surface area contributed by atoms with Gasteiger partial charge in [-0.15, -0.1) is 11.3 Å². The van der Waals surface area contributed by atoms with E-state index in [1.165, 1.54) is 22.2 Å². The fourth-order valence-electron chi connectivity index (χ4n) is 3.24. The second kappa shape index (κ2) is 7.64. The molecule has 7 nitrogen and oxygen atoms in total. The second-order valence-corrected chi connectivity index (χ2v) is 8.02. The van der Waals surface area contributed by atoms with Crippen LogP contribution in [0.1, 0.15) is 35.7 Å². The van der Waals surface area contributed by atoms with Gasteiger partial charge in [-0.2, -0.15) is 5.10 Å². The Morgan fingerprint density at radius 3 is 2.74 bits per heavy atom. The minimum atomic E-state index is -0.198. The van der Waals surface area contributed by atoms with Crippen molar-refractivity contribution in [1.82, 2.24) is 24.6 Å². The van der Waals surface area contributed by atoms with Gasteiger partial charge < -0.3 is 5.32 Å². The number of carbonyl (C=O) groups is 1.